The lowest BCUT2D eigenvalue weighted by molar-refractivity contribution is 0.785. The van der Waals surface area contributed by atoms with Crippen LogP contribution in [0.15, 0.2) is 36.5 Å². The second-order valence-electron chi connectivity index (χ2n) is 4.03. The molecule has 0 spiro atoms. The summed E-state index contributed by atoms with van der Waals surface area (Å²) >= 11 is 5.86. The zero-order chi connectivity index (χ0) is 12.1. The van der Waals surface area contributed by atoms with Crippen LogP contribution in [0, 0.1) is 0 Å². The van der Waals surface area contributed by atoms with Gasteiger partial charge in [0.15, 0.2) is 0 Å². The number of hydrogen-bond acceptors (Lipinski definition) is 2. The number of nitrogens with zero attached hydrogens (tertiary/aromatic N) is 2. The topological polar surface area (TPSA) is 16.1 Å². The average Bonchev–Trinajstić information content (AvgIpc) is 2.38. The Hall–Kier alpha value is -1.28. The molecule has 3 heteroatoms. The Morgan fingerprint density at radius 3 is 2.76 bits per heavy atom. The molecule has 17 heavy (non-hydrogen) atoms. The largest absolute Gasteiger partial charge is 0.355 e. The molecule has 1 aromatic heterocycles. The van der Waals surface area contributed by atoms with Crippen molar-refractivity contribution in [1.29, 1.82) is 0 Å². The van der Waals surface area contributed by atoms with Crippen LogP contribution >= 0.6 is 11.6 Å². The predicted octanol–water partition coefficient (Wildman–Crippen LogP) is 3.69. The van der Waals surface area contributed by atoms with Gasteiger partial charge >= 0.3 is 0 Å². The molecule has 2 nitrogen and oxygen atoms in total. The van der Waals surface area contributed by atoms with E-state index in [1.165, 1.54) is 10.8 Å². The van der Waals surface area contributed by atoms with Crippen LogP contribution in [0.4, 0.5) is 5.82 Å². The minimum Gasteiger partial charge on any atom is -0.355 e. The lowest BCUT2D eigenvalue weighted by atomic mass is 10.1. The van der Waals surface area contributed by atoms with Crippen molar-refractivity contribution in [1.82, 2.24) is 4.98 Å². The quantitative estimate of drug-likeness (QED) is 0.751. The first-order valence-electron chi connectivity index (χ1n) is 6.01. The average molecular weight is 249 g/mol. The predicted molar refractivity (Wildman–Crippen MR) is 75.0 cm³/mol. The van der Waals surface area contributed by atoms with Gasteiger partial charge in [-0.3, -0.25) is 0 Å². The third-order valence-corrected chi connectivity index (χ3v) is 2.97. The van der Waals surface area contributed by atoms with Gasteiger partial charge in [0.05, 0.1) is 0 Å². The van der Waals surface area contributed by atoms with Crippen LogP contribution in [0.25, 0.3) is 10.8 Å². The summed E-state index contributed by atoms with van der Waals surface area (Å²) in [7, 11) is 0. The van der Waals surface area contributed by atoms with Crippen molar-refractivity contribution in [3.05, 3.63) is 36.5 Å². The molecule has 0 bridgehead atoms. The van der Waals surface area contributed by atoms with E-state index in [1.807, 2.05) is 12.3 Å². The highest BCUT2D eigenvalue weighted by Crippen LogP contribution is 2.24. The van der Waals surface area contributed by atoms with Crippen LogP contribution in [0.1, 0.15) is 13.3 Å². The molecule has 1 aromatic carbocycles. The molecule has 90 valence electrons. The van der Waals surface area contributed by atoms with E-state index in [2.05, 4.69) is 41.1 Å². The zero-order valence-electron chi connectivity index (χ0n) is 10.1. The van der Waals surface area contributed by atoms with Gasteiger partial charge in [-0.25, -0.2) is 4.98 Å². The number of hydrogen-bond donors (Lipinski definition) is 0. The number of benzene rings is 1. The highest BCUT2D eigenvalue weighted by Gasteiger charge is 2.09. The fourth-order valence-corrected chi connectivity index (χ4v) is 2.26. The molecule has 0 atom stereocenters. The number of alkyl halides is 1. The number of pyridine rings is 1. The van der Waals surface area contributed by atoms with Crippen LogP contribution < -0.4 is 4.90 Å². The minimum atomic E-state index is 0.630. The van der Waals surface area contributed by atoms with E-state index < -0.39 is 0 Å². The van der Waals surface area contributed by atoms with Crippen LogP contribution in [0.2, 0.25) is 0 Å². The smallest absolute Gasteiger partial charge is 0.136 e. The van der Waals surface area contributed by atoms with Crippen molar-refractivity contribution < 1.29 is 0 Å². The molecule has 0 unspecified atom stereocenters. The first-order chi connectivity index (χ1) is 8.36. The van der Waals surface area contributed by atoms with Crippen LogP contribution in [0.3, 0.4) is 0 Å². The molecule has 0 saturated heterocycles. The molecule has 0 saturated carbocycles. The standard InChI is InChI=1S/C14H17ClN2/c1-2-10-17(11-8-15)14-13-6-4-3-5-12(13)7-9-16-14/h3-7,9H,2,8,10-11H2,1H3. The lowest BCUT2D eigenvalue weighted by Crippen LogP contribution is -2.27. The van der Waals surface area contributed by atoms with Gasteiger partial charge in [0.1, 0.15) is 5.82 Å². The van der Waals surface area contributed by atoms with Crippen molar-refractivity contribution >= 4 is 28.2 Å². The van der Waals surface area contributed by atoms with E-state index in [9.17, 15) is 0 Å². The maximum Gasteiger partial charge on any atom is 0.136 e. The number of anilines is 1. The molecule has 0 fully saturated rings. The Morgan fingerprint density at radius 2 is 2.00 bits per heavy atom. The summed E-state index contributed by atoms with van der Waals surface area (Å²) in [6.07, 6.45) is 2.97. The molecular formula is C14H17ClN2. The van der Waals surface area contributed by atoms with Crippen LogP contribution in [-0.2, 0) is 0 Å². The first-order valence-corrected chi connectivity index (χ1v) is 6.55. The summed E-state index contributed by atoms with van der Waals surface area (Å²) < 4.78 is 0. The SMILES string of the molecule is CCCN(CCCl)c1nccc2ccccc12. The maximum absolute atomic E-state index is 5.86. The summed E-state index contributed by atoms with van der Waals surface area (Å²) in [6, 6.07) is 10.4. The van der Waals surface area contributed by atoms with Gasteiger partial charge in [-0.2, -0.15) is 0 Å². The Labute approximate surface area is 107 Å². The summed E-state index contributed by atoms with van der Waals surface area (Å²) in [5.74, 6) is 1.68. The fourth-order valence-electron chi connectivity index (χ4n) is 2.05. The molecule has 0 aliphatic rings. The van der Waals surface area contributed by atoms with E-state index >= 15 is 0 Å². The maximum atomic E-state index is 5.86. The van der Waals surface area contributed by atoms with Crippen molar-refractivity contribution in [2.24, 2.45) is 0 Å². The van der Waals surface area contributed by atoms with Crippen molar-refractivity contribution in [3.8, 4) is 0 Å². The zero-order valence-corrected chi connectivity index (χ0v) is 10.8. The molecule has 2 aromatic rings. The third kappa shape index (κ3) is 2.70. The minimum absolute atomic E-state index is 0.630. The number of aromatic nitrogens is 1. The van der Waals surface area contributed by atoms with Gasteiger partial charge in [-0.1, -0.05) is 31.2 Å². The Kier molecular flexibility index (Phi) is 4.21. The number of halogens is 1. The summed E-state index contributed by atoms with van der Waals surface area (Å²) in [5, 5.41) is 2.43. The van der Waals surface area contributed by atoms with Crippen molar-refractivity contribution in [2.45, 2.75) is 13.3 Å². The summed E-state index contributed by atoms with van der Waals surface area (Å²) in [4.78, 5) is 6.77. The third-order valence-electron chi connectivity index (χ3n) is 2.80. The van der Waals surface area contributed by atoms with E-state index in [-0.39, 0.29) is 0 Å². The van der Waals surface area contributed by atoms with Gasteiger partial charge in [0.2, 0.25) is 0 Å². The number of fused-ring (bicyclic) bond motifs is 1. The van der Waals surface area contributed by atoms with Crippen molar-refractivity contribution in [2.75, 3.05) is 23.9 Å². The second-order valence-corrected chi connectivity index (χ2v) is 4.41. The lowest BCUT2D eigenvalue weighted by Gasteiger charge is -2.23. The Morgan fingerprint density at radius 1 is 1.18 bits per heavy atom. The van der Waals surface area contributed by atoms with E-state index in [4.69, 9.17) is 11.6 Å². The molecular weight excluding hydrogens is 232 g/mol. The van der Waals surface area contributed by atoms with Crippen molar-refractivity contribution in [3.63, 3.8) is 0 Å². The second kappa shape index (κ2) is 5.87. The fraction of sp³-hybridized carbons (Fsp3) is 0.357. The summed E-state index contributed by atoms with van der Waals surface area (Å²) in [6.45, 7) is 4.01. The Balaban J connectivity index is 2.44. The molecule has 0 aliphatic carbocycles. The summed E-state index contributed by atoms with van der Waals surface area (Å²) in [5.41, 5.74) is 0. The molecule has 2 rings (SSSR count). The number of rotatable bonds is 5. The highest BCUT2D eigenvalue weighted by molar-refractivity contribution is 6.18. The van der Waals surface area contributed by atoms with Gasteiger partial charge in [-0.15, -0.1) is 11.6 Å². The normalized spacial score (nSPS) is 10.7. The first kappa shape index (κ1) is 12.2. The van der Waals surface area contributed by atoms with Gasteiger partial charge in [0.25, 0.3) is 0 Å². The molecule has 0 N–H and O–H groups in total. The van der Waals surface area contributed by atoms with Gasteiger partial charge in [-0.05, 0) is 17.9 Å². The molecule has 0 amide bonds. The van der Waals surface area contributed by atoms with Crippen LogP contribution in [0.5, 0.6) is 0 Å². The molecule has 0 aliphatic heterocycles. The van der Waals surface area contributed by atoms with E-state index in [0.29, 0.717) is 5.88 Å². The molecule has 0 radical (unpaired) electrons. The van der Waals surface area contributed by atoms with Crippen LogP contribution in [-0.4, -0.2) is 24.0 Å². The van der Waals surface area contributed by atoms with E-state index in [0.717, 1.165) is 25.3 Å². The van der Waals surface area contributed by atoms with Gasteiger partial charge in [0, 0.05) is 30.6 Å². The Bertz CT molecular complexity index is 473. The van der Waals surface area contributed by atoms with E-state index in [1.54, 1.807) is 0 Å². The highest BCUT2D eigenvalue weighted by atomic mass is 35.5. The molecule has 1 heterocycles. The monoisotopic (exact) mass is 248 g/mol. The van der Waals surface area contributed by atoms with Gasteiger partial charge < -0.3 is 4.90 Å².